The molecule has 2 unspecified atom stereocenters. The molecule has 2 aromatic carbocycles. The van der Waals surface area contributed by atoms with Crippen molar-refractivity contribution in [3.63, 3.8) is 0 Å². The van der Waals surface area contributed by atoms with Crippen LogP contribution in [-0.4, -0.2) is 23.0 Å². The number of carbonyl (C=O) groups excluding carboxylic acids is 1. The van der Waals surface area contributed by atoms with Gasteiger partial charge in [-0.2, -0.15) is 0 Å². The summed E-state index contributed by atoms with van der Waals surface area (Å²) in [5, 5.41) is 9.44. The number of carbonyl (C=O) groups is 2. The third-order valence-corrected chi connectivity index (χ3v) is 4.11. The average molecular weight is 295 g/mol. The lowest BCUT2D eigenvalue weighted by Crippen LogP contribution is -2.43. The molecule has 1 aliphatic rings. The Balaban J connectivity index is 2.13. The Morgan fingerprint density at radius 3 is 2.41 bits per heavy atom. The standard InChI is InChI=1S/C18H17NO3/c1-2-14(18(21)22)19-15-11-7-6-10-13(15)16(17(19)20)12-8-4-3-5-9-12/h3-11,14,16H,2H2,1H3,(H,21,22). The van der Waals surface area contributed by atoms with E-state index in [4.69, 9.17) is 0 Å². The summed E-state index contributed by atoms with van der Waals surface area (Å²) in [6.07, 6.45) is 0.372. The van der Waals surface area contributed by atoms with Crippen molar-refractivity contribution >= 4 is 17.6 Å². The van der Waals surface area contributed by atoms with Gasteiger partial charge in [0.1, 0.15) is 6.04 Å². The van der Waals surface area contributed by atoms with E-state index in [1.165, 1.54) is 4.90 Å². The Hall–Kier alpha value is -2.62. The molecule has 112 valence electrons. The maximum absolute atomic E-state index is 12.9. The van der Waals surface area contributed by atoms with Crippen molar-refractivity contribution in [2.45, 2.75) is 25.3 Å². The molecule has 1 N–H and O–H groups in total. The van der Waals surface area contributed by atoms with Crippen molar-refractivity contribution in [1.82, 2.24) is 0 Å². The van der Waals surface area contributed by atoms with Gasteiger partial charge in [0.05, 0.1) is 5.92 Å². The first-order valence-corrected chi connectivity index (χ1v) is 7.35. The number of anilines is 1. The Labute approximate surface area is 129 Å². The van der Waals surface area contributed by atoms with Crippen molar-refractivity contribution in [3.05, 3.63) is 65.7 Å². The molecule has 3 rings (SSSR count). The highest BCUT2D eigenvalue weighted by atomic mass is 16.4. The van der Waals surface area contributed by atoms with Gasteiger partial charge in [0.15, 0.2) is 0 Å². The zero-order valence-electron chi connectivity index (χ0n) is 12.3. The van der Waals surface area contributed by atoms with Crippen LogP contribution in [0.1, 0.15) is 30.4 Å². The van der Waals surface area contributed by atoms with E-state index in [-0.39, 0.29) is 5.91 Å². The first-order valence-electron chi connectivity index (χ1n) is 7.35. The number of hydrogen-bond donors (Lipinski definition) is 1. The normalized spacial score (nSPS) is 18.1. The number of fused-ring (bicyclic) bond motifs is 1. The Bertz CT molecular complexity index is 711. The second kappa shape index (κ2) is 5.64. The number of para-hydroxylation sites is 1. The molecule has 2 atom stereocenters. The van der Waals surface area contributed by atoms with Crippen molar-refractivity contribution in [2.24, 2.45) is 0 Å². The molecular formula is C18H17NO3. The van der Waals surface area contributed by atoms with Gasteiger partial charge in [0, 0.05) is 5.69 Å². The molecule has 0 radical (unpaired) electrons. The van der Waals surface area contributed by atoms with Crippen molar-refractivity contribution in [3.8, 4) is 0 Å². The molecule has 1 aliphatic heterocycles. The van der Waals surface area contributed by atoms with Gasteiger partial charge in [-0.15, -0.1) is 0 Å². The fourth-order valence-electron chi connectivity index (χ4n) is 3.10. The number of carboxylic acid groups (broad SMARTS) is 1. The molecule has 2 aromatic rings. The summed E-state index contributed by atoms with van der Waals surface area (Å²) in [7, 11) is 0. The van der Waals surface area contributed by atoms with Crippen molar-refractivity contribution < 1.29 is 14.7 Å². The first kappa shape index (κ1) is 14.3. The smallest absolute Gasteiger partial charge is 0.326 e. The van der Waals surface area contributed by atoms with Crippen LogP contribution in [0.4, 0.5) is 5.69 Å². The highest BCUT2D eigenvalue weighted by molar-refractivity contribution is 6.10. The van der Waals surface area contributed by atoms with Crippen LogP contribution in [0.2, 0.25) is 0 Å². The van der Waals surface area contributed by atoms with Crippen LogP contribution in [-0.2, 0) is 9.59 Å². The van der Waals surface area contributed by atoms with E-state index in [2.05, 4.69) is 0 Å². The topological polar surface area (TPSA) is 57.6 Å². The SMILES string of the molecule is CCC(C(=O)O)N1C(=O)C(c2ccccc2)c2ccccc21. The minimum Gasteiger partial charge on any atom is -0.480 e. The maximum Gasteiger partial charge on any atom is 0.326 e. The molecule has 0 saturated carbocycles. The maximum atomic E-state index is 12.9. The second-order valence-electron chi connectivity index (χ2n) is 5.37. The molecule has 0 aliphatic carbocycles. The average Bonchev–Trinajstić information content (AvgIpc) is 2.82. The van der Waals surface area contributed by atoms with Gasteiger partial charge in [-0.1, -0.05) is 55.5 Å². The molecule has 1 amide bonds. The van der Waals surface area contributed by atoms with Gasteiger partial charge in [-0.25, -0.2) is 4.79 Å². The molecule has 4 heteroatoms. The summed E-state index contributed by atoms with van der Waals surface area (Å²) in [4.78, 5) is 25.9. The minimum absolute atomic E-state index is 0.165. The fourth-order valence-corrected chi connectivity index (χ4v) is 3.10. The number of amides is 1. The van der Waals surface area contributed by atoms with Crippen LogP contribution in [0.15, 0.2) is 54.6 Å². The predicted octanol–water partition coefficient (Wildman–Crippen LogP) is 3.03. The lowest BCUT2D eigenvalue weighted by atomic mass is 9.93. The third-order valence-electron chi connectivity index (χ3n) is 4.11. The minimum atomic E-state index is -0.973. The van der Waals surface area contributed by atoms with E-state index < -0.39 is 17.9 Å². The molecule has 0 saturated heterocycles. The molecular weight excluding hydrogens is 278 g/mol. The first-order chi connectivity index (χ1) is 10.6. The van der Waals surface area contributed by atoms with E-state index in [0.29, 0.717) is 12.1 Å². The number of aliphatic carboxylic acids is 1. The van der Waals surface area contributed by atoms with E-state index in [1.54, 1.807) is 6.92 Å². The lowest BCUT2D eigenvalue weighted by Gasteiger charge is -2.24. The zero-order chi connectivity index (χ0) is 15.7. The van der Waals surface area contributed by atoms with Gasteiger partial charge < -0.3 is 5.11 Å². The zero-order valence-corrected chi connectivity index (χ0v) is 12.3. The summed E-state index contributed by atoms with van der Waals surface area (Å²) < 4.78 is 0. The molecule has 0 bridgehead atoms. The fraction of sp³-hybridized carbons (Fsp3) is 0.222. The van der Waals surface area contributed by atoms with Crippen molar-refractivity contribution in [2.75, 3.05) is 4.90 Å². The number of carboxylic acids is 1. The van der Waals surface area contributed by atoms with Crippen LogP contribution in [0.25, 0.3) is 0 Å². The van der Waals surface area contributed by atoms with E-state index >= 15 is 0 Å². The molecule has 4 nitrogen and oxygen atoms in total. The van der Waals surface area contributed by atoms with Crippen molar-refractivity contribution in [1.29, 1.82) is 0 Å². The van der Waals surface area contributed by atoms with Crippen LogP contribution in [0, 0.1) is 0 Å². The van der Waals surface area contributed by atoms with Gasteiger partial charge in [0.25, 0.3) is 0 Å². The molecule has 0 fully saturated rings. The Morgan fingerprint density at radius 2 is 1.77 bits per heavy atom. The van der Waals surface area contributed by atoms with Crippen LogP contribution in [0.5, 0.6) is 0 Å². The third kappa shape index (κ3) is 2.17. The van der Waals surface area contributed by atoms with Gasteiger partial charge >= 0.3 is 5.97 Å². The van der Waals surface area contributed by atoms with Crippen LogP contribution < -0.4 is 4.90 Å². The quantitative estimate of drug-likeness (QED) is 0.943. The number of nitrogens with zero attached hydrogens (tertiary/aromatic N) is 1. The van der Waals surface area contributed by atoms with Gasteiger partial charge in [-0.05, 0) is 23.6 Å². The summed E-state index contributed by atoms with van der Waals surface area (Å²) in [6, 6.07) is 16.1. The van der Waals surface area contributed by atoms with E-state index in [0.717, 1.165) is 11.1 Å². The Morgan fingerprint density at radius 1 is 1.14 bits per heavy atom. The summed E-state index contributed by atoms with van der Waals surface area (Å²) in [5.74, 6) is -1.56. The second-order valence-corrected chi connectivity index (χ2v) is 5.37. The highest BCUT2D eigenvalue weighted by Crippen LogP contribution is 2.42. The highest BCUT2D eigenvalue weighted by Gasteiger charge is 2.42. The Kier molecular flexibility index (Phi) is 3.67. The molecule has 0 aromatic heterocycles. The van der Waals surface area contributed by atoms with Crippen LogP contribution in [0.3, 0.4) is 0 Å². The summed E-state index contributed by atoms with van der Waals surface area (Å²) >= 11 is 0. The predicted molar refractivity (Wildman–Crippen MR) is 83.9 cm³/mol. The lowest BCUT2D eigenvalue weighted by molar-refractivity contribution is -0.140. The van der Waals surface area contributed by atoms with Crippen LogP contribution >= 0.6 is 0 Å². The molecule has 0 spiro atoms. The monoisotopic (exact) mass is 295 g/mol. The van der Waals surface area contributed by atoms with Gasteiger partial charge in [-0.3, -0.25) is 9.69 Å². The number of benzene rings is 2. The van der Waals surface area contributed by atoms with Gasteiger partial charge in [0.2, 0.25) is 5.91 Å². The summed E-state index contributed by atoms with van der Waals surface area (Å²) in [5.41, 5.74) is 2.47. The van der Waals surface area contributed by atoms with E-state index in [1.807, 2.05) is 54.6 Å². The summed E-state index contributed by atoms with van der Waals surface area (Å²) in [6.45, 7) is 1.78. The van der Waals surface area contributed by atoms with E-state index in [9.17, 15) is 14.7 Å². The largest absolute Gasteiger partial charge is 0.480 e. The molecule has 22 heavy (non-hydrogen) atoms. The number of hydrogen-bond acceptors (Lipinski definition) is 2. The number of rotatable bonds is 4. The molecule has 1 heterocycles.